The monoisotopic (exact) mass is 297 g/mol. The predicted molar refractivity (Wildman–Crippen MR) is 73.7 cm³/mol. The van der Waals surface area contributed by atoms with Crippen LogP contribution < -0.4 is 5.32 Å². The topological polar surface area (TPSA) is 12.0 Å². The summed E-state index contributed by atoms with van der Waals surface area (Å²) < 4.78 is 54.2. The van der Waals surface area contributed by atoms with E-state index in [4.69, 9.17) is 0 Å². The third-order valence-electron chi connectivity index (χ3n) is 3.05. The van der Waals surface area contributed by atoms with Gasteiger partial charge >= 0.3 is 0 Å². The normalized spacial score (nSPS) is 11.2. The van der Waals surface area contributed by atoms with Gasteiger partial charge in [-0.05, 0) is 11.6 Å². The summed E-state index contributed by atoms with van der Waals surface area (Å²) in [6, 6.07) is 5.27. The van der Waals surface area contributed by atoms with Gasteiger partial charge < -0.3 is 5.32 Å². The summed E-state index contributed by atoms with van der Waals surface area (Å²) in [5.41, 5.74) is 0.00448. The van der Waals surface area contributed by atoms with E-state index in [2.05, 4.69) is 5.32 Å². The molecule has 2 rings (SSSR count). The fraction of sp³-hybridized carbons (Fsp3) is 0.250. The Morgan fingerprint density at radius 3 is 2.05 bits per heavy atom. The first kappa shape index (κ1) is 15.5. The molecule has 0 fully saturated rings. The van der Waals surface area contributed by atoms with Crippen molar-refractivity contribution in [2.75, 3.05) is 0 Å². The lowest BCUT2D eigenvalue weighted by Gasteiger charge is -2.11. The number of halogens is 4. The van der Waals surface area contributed by atoms with Crippen LogP contribution in [0.2, 0.25) is 0 Å². The lowest BCUT2D eigenvalue weighted by Crippen LogP contribution is -2.22. The van der Waals surface area contributed by atoms with E-state index >= 15 is 0 Å². The maximum atomic E-state index is 14.0. The van der Waals surface area contributed by atoms with Gasteiger partial charge in [0.05, 0.1) is 5.56 Å². The van der Waals surface area contributed by atoms with Crippen molar-refractivity contribution in [3.8, 4) is 11.1 Å². The molecule has 0 aromatic heterocycles. The predicted octanol–water partition coefficient (Wildman–Crippen LogP) is 4.41. The van der Waals surface area contributed by atoms with Crippen LogP contribution in [0.15, 0.2) is 30.3 Å². The molecule has 0 amide bonds. The zero-order valence-corrected chi connectivity index (χ0v) is 11.7. The van der Waals surface area contributed by atoms with Gasteiger partial charge in [-0.1, -0.05) is 26.0 Å². The molecule has 112 valence electrons. The zero-order valence-electron chi connectivity index (χ0n) is 11.7. The Kier molecular flexibility index (Phi) is 4.63. The summed E-state index contributed by atoms with van der Waals surface area (Å²) in [5.74, 6) is -3.68. The van der Waals surface area contributed by atoms with Crippen LogP contribution in [0.5, 0.6) is 0 Å². The van der Waals surface area contributed by atoms with Crippen molar-refractivity contribution in [1.29, 1.82) is 0 Å². The van der Waals surface area contributed by atoms with Crippen molar-refractivity contribution in [1.82, 2.24) is 5.32 Å². The van der Waals surface area contributed by atoms with Crippen molar-refractivity contribution in [3.05, 3.63) is 59.2 Å². The molecule has 0 heterocycles. The highest BCUT2D eigenvalue weighted by Gasteiger charge is 2.15. The molecule has 0 spiro atoms. The molecule has 0 aliphatic rings. The summed E-state index contributed by atoms with van der Waals surface area (Å²) >= 11 is 0. The average Bonchev–Trinajstić information content (AvgIpc) is 2.36. The molecule has 0 bridgehead atoms. The molecular formula is C16H15F4N. The van der Waals surface area contributed by atoms with E-state index in [-0.39, 0.29) is 11.6 Å². The van der Waals surface area contributed by atoms with E-state index in [0.717, 1.165) is 6.07 Å². The Labute approximate surface area is 120 Å². The van der Waals surface area contributed by atoms with Crippen LogP contribution in [0.3, 0.4) is 0 Å². The first-order chi connectivity index (χ1) is 9.88. The molecule has 0 saturated heterocycles. The number of hydrogen-bond acceptors (Lipinski definition) is 1. The lowest BCUT2D eigenvalue weighted by atomic mass is 10.0. The minimum atomic E-state index is -1.06. The first-order valence-electron chi connectivity index (χ1n) is 6.55. The van der Waals surface area contributed by atoms with Gasteiger partial charge in [0.1, 0.15) is 23.3 Å². The van der Waals surface area contributed by atoms with Gasteiger partial charge in [-0.2, -0.15) is 0 Å². The van der Waals surface area contributed by atoms with Crippen LogP contribution >= 0.6 is 0 Å². The fourth-order valence-electron chi connectivity index (χ4n) is 1.98. The highest BCUT2D eigenvalue weighted by Crippen LogP contribution is 2.28. The number of benzene rings is 2. The van der Waals surface area contributed by atoms with E-state index in [1.807, 2.05) is 13.8 Å². The summed E-state index contributed by atoms with van der Waals surface area (Å²) in [5, 5.41) is 3.05. The second-order valence-electron chi connectivity index (χ2n) is 5.09. The smallest absolute Gasteiger partial charge is 0.136 e. The van der Waals surface area contributed by atoms with Gasteiger partial charge in [0.15, 0.2) is 0 Å². The van der Waals surface area contributed by atoms with Gasteiger partial charge in [0.2, 0.25) is 0 Å². The standard InChI is InChI=1S/C16H15F4N/c1-9(2)21-8-11-4-3-10(5-13(11)18)16-14(19)6-12(17)7-15(16)20/h3-7,9,21H,8H2,1-2H3. The molecule has 0 saturated carbocycles. The average molecular weight is 297 g/mol. The number of nitrogens with one attached hydrogen (secondary N) is 1. The van der Waals surface area contributed by atoms with E-state index in [0.29, 0.717) is 24.2 Å². The van der Waals surface area contributed by atoms with Crippen LogP contribution in [0.4, 0.5) is 17.6 Å². The van der Waals surface area contributed by atoms with E-state index in [1.54, 1.807) is 0 Å². The molecule has 2 aromatic rings. The Bertz CT molecular complexity index is 630. The Morgan fingerprint density at radius 2 is 1.52 bits per heavy atom. The van der Waals surface area contributed by atoms with E-state index < -0.39 is 28.8 Å². The second-order valence-corrected chi connectivity index (χ2v) is 5.09. The van der Waals surface area contributed by atoms with Gasteiger partial charge in [0, 0.05) is 30.3 Å². The molecule has 2 aromatic carbocycles. The number of hydrogen-bond donors (Lipinski definition) is 1. The van der Waals surface area contributed by atoms with Crippen molar-refractivity contribution < 1.29 is 17.6 Å². The maximum Gasteiger partial charge on any atom is 0.136 e. The SMILES string of the molecule is CC(C)NCc1ccc(-c2c(F)cc(F)cc2F)cc1F. The molecule has 1 N–H and O–H groups in total. The van der Waals surface area contributed by atoms with Gasteiger partial charge in [-0.15, -0.1) is 0 Å². The highest BCUT2D eigenvalue weighted by atomic mass is 19.1. The lowest BCUT2D eigenvalue weighted by molar-refractivity contribution is 0.546. The molecule has 0 unspecified atom stereocenters. The molecular weight excluding hydrogens is 282 g/mol. The Balaban J connectivity index is 2.36. The highest BCUT2D eigenvalue weighted by molar-refractivity contribution is 5.65. The number of rotatable bonds is 4. The van der Waals surface area contributed by atoms with Crippen molar-refractivity contribution in [2.24, 2.45) is 0 Å². The minimum Gasteiger partial charge on any atom is -0.310 e. The fourth-order valence-corrected chi connectivity index (χ4v) is 1.98. The molecule has 0 aliphatic carbocycles. The van der Waals surface area contributed by atoms with E-state index in [9.17, 15) is 17.6 Å². The van der Waals surface area contributed by atoms with Crippen molar-refractivity contribution in [2.45, 2.75) is 26.4 Å². The maximum absolute atomic E-state index is 14.0. The molecule has 1 nitrogen and oxygen atoms in total. The summed E-state index contributed by atoms with van der Waals surface area (Å²) in [7, 11) is 0. The molecule has 0 atom stereocenters. The van der Waals surface area contributed by atoms with Crippen LogP contribution in [-0.4, -0.2) is 6.04 Å². The zero-order chi connectivity index (χ0) is 15.6. The third kappa shape index (κ3) is 3.61. The first-order valence-corrected chi connectivity index (χ1v) is 6.55. The second kappa shape index (κ2) is 6.26. The van der Waals surface area contributed by atoms with Gasteiger partial charge in [-0.3, -0.25) is 0 Å². The van der Waals surface area contributed by atoms with Crippen molar-refractivity contribution >= 4 is 0 Å². The van der Waals surface area contributed by atoms with Crippen LogP contribution in [-0.2, 0) is 6.54 Å². The Hall–Kier alpha value is -1.88. The minimum absolute atomic E-state index is 0.0378. The summed E-state index contributed by atoms with van der Waals surface area (Å²) in [6.07, 6.45) is 0. The summed E-state index contributed by atoms with van der Waals surface area (Å²) in [4.78, 5) is 0. The quantitative estimate of drug-likeness (QED) is 0.824. The van der Waals surface area contributed by atoms with Gasteiger partial charge in [0.25, 0.3) is 0 Å². The molecule has 0 radical (unpaired) electrons. The van der Waals surface area contributed by atoms with Crippen LogP contribution in [0.1, 0.15) is 19.4 Å². The molecule has 0 aliphatic heterocycles. The Morgan fingerprint density at radius 1 is 0.905 bits per heavy atom. The van der Waals surface area contributed by atoms with Crippen LogP contribution in [0, 0.1) is 23.3 Å². The van der Waals surface area contributed by atoms with E-state index in [1.165, 1.54) is 12.1 Å². The van der Waals surface area contributed by atoms with Gasteiger partial charge in [-0.25, -0.2) is 17.6 Å². The van der Waals surface area contributed by atoms with Crippen LogP contribution in [0.25, 0.3) is 11.1 Å². The van der Waals surface area contributed by atoms with Crippen molar-refractivity contribution in [3.63, 3.8) is 0 Å². The molecule has 21 heavy (non-hydrogen) atoms. The third-order valence-corrected chi connectivity index (χ3v) is 3.05. The largest absolute Gasteiger partial charge is 0.310 e. The summed E-state index contributed by atoms with van der Waals surface area (Å²) in [6.45, 7) is 4.17. The molecule has 5 heteroatoms.